The summed E-state index contributed by atoms with van der Waals surface area (Å²) >= 11 is 0. The summed E-state index contributed by atoms with van der Waals surface area (Å²) in [5, 5.41) is 15.5. The molecule has 2 aromatic carbocycles. The number of aryl methyl sites for hydroxylation is 1. The van der Waals surface area contributed by atoms with Gasteiger partial charge in [-0.1, -0.05) is 6.07 Å². The Morgan fingerprint density at radius 2 is 2.03 bits per heavy atom. The van der Waals surface area contributed by atoms with E-state index in [1.807, 2.05) is 29.8 Å². The summed E-state index contributed by atoms with van der Waals surface area (Å²) in [4.78, 5) is 13.1. The summed E-state index contributed by atoms with van der Waals surface area (Å²) in [6.07, 6.45) is 1.09. The number of ether oxygens (including phenoxy) is 1. The smallest absolute Gasteiger partial charge is 0.238 e. The SMILES string of the molecule is CCn1ncc2cc(CC(=O)Nc3cnn(C(F)c4cc(OC)ccc4F)n3)ccc21. The molecule has 2 aromatic heterocycles. The fraction of sp³-hybridized carbons (Fsp3) is 0.238. The van der Waals surface area contributed by atoms with E-state index in [1.165, 1.54) is 25.4 Å². The molecule has 0 radical (unpaired) electrons. The van der Waals surface area contributed by atoms with E-state index in [9.17, 15) is 13.6 Å². The Morgan fingerprint density at radius 3 is 2.81 bits per heavy atom. The fourth-order valence-corrected chi connectivity index (χ4v) is 3.27. The second kappa shape index (κ2) is 8.50. The van der Waals surface area contributed by atoms with Gasteiger partial charge in [0.15, 0.2) is 5.82 Å². The number of fused-ring (bicyclic) bond motifs is 1. The number of anilines is 1. The summed E-state index contributed by atoms with van der Waals surface area (Å²) in [6, 6.07) is 9.40. The number of methoxy groups -OCH3 is 1. The predicted octanol–water partition coefficient (Wildman–Crippen LogP) is 3.49. The van der Waals surface area contributed by atoms with Crippen molar-refractivity contribution in [3.63, 3.8) is 0 Å². The van der Waals surface area contributed by atoms with Crippen LogP contribution in [0.1, 0.15) is 24.3 Å². The number of alkyl halides is 1. The Kier molecular flexibility index (Phi) is 5.61. The Bertz CT molecular complexity index is 1240. The summed E-state index contributed by atoms with van der Waals surface area (Å²) in [5.41, 5.74) is 1.52. The van der Waals surface area contributed by atoms with Crippen molar-refractivity contribution in [2.24, 2.45) is 0 Å². The van der Waals surface area contributed by atoms with Crippen LogP contribution in [0, 0.1) is 5.82 Å². The third kappa shape index (κ3) is 4.23. The van der Waals surface area contributed by atoms with Crippen LogP contribution in [-0.4, -0.2) is 37.8 Å². The Morgan fingerprint density at radius 1 is 1.19 bits per heavy atom. The van der Waals surface area contributed by atoms with E-state index in [0.717, 1.165) is 29.1 Å². The van der Waals surface area contributed by atoms with E-state index >= 15 is 0 Å². The van der Waals surface area contributed by atoms with Gasteiger partial charge in [0.1, 0.15) is 11.6 Å². The Hall–Kier alpha value is -3.82. The standard InChI is InChI=1S/C21H20F2N6O2/c1-3-28-18-7-4-13(8-14(18)11-24-28)9-20(30)26-19-12-25-29(27-19)21(23)16-10-15(31-2)5-6-17(16)22/h4-8,10-12,21H,3,9H2,1-2H3,(H,26,27,30). The van der Waals surface area contributed by atoms with Crippen LogP contribution in [0.15, 0.2) is 48.8 Å². The minimum atomic E-state index is -1.97. The molecule has 0 saturated carbocycles. The highest BCUT2D eigenvalue weighted by Crippen LogP contribution is 2.26. The van der Waals surface area contributed by atoms with Crippen molar-refractivity contribution >= 4 is 22.6 Å². The van der Waals surface area contributed by atoms with Gasteiger partial charge >= 0.3 is 0 Å². The monoisotopic (exact) mass is 426 g/mol. The van der Waals surface area contributed by atoms with Crippen LogP contribution in [0.5, 0.6) is 5.75 Å². The highest BCUT2D eigenvalue weighted by molar-refractivity contribution is 5.92. The molecule has 4 rings (SSSR count). The molecule has 1 unspecified atom stereocenters. The van der Waals surface area contributed by atoms with E-state index in [0.29, 0.717) is 10.5 Å². The van der Waals surface area contributed by atoms with Crippen LogP contribution in [0.2, 0.25) is 0 Å². The molecule has 8 nitrogen and oxygen atoms in total. The lowest BCUT2D eigenvalue weighted by Crippen LogP contribution is -2.16. The third-order valence-electron chi connectivity index (χ3n) is 4.81. The Balaban J connectivity index is 1.44. The molecule has 10 heteroatoms. The van der Waals surface area contributed by atoms with Gasteiger partial charge in [-0.3, -0.25) is 9.48 Å². The molecule has 0 aliphatic rings. The van der Waals surface area contributed by atoms with Gasteiger partial charge in [0.25, 0.3) is 0 Å². The number of hydrogen-bond donors (Lipinski definition) is 1. The van der Waals surface area contributed by atoms with Gasteiger partial charge in [0, 0.05) is 17.5 Å². The molecule has 4 aromatic rings. The average Bonchev–Trinajstić information content (AvgIpc) is 3.40. The summed E-state index contributed by atoms with van der Waals surface area (Å²) in [5.74, 6) is -0.716. The molecular weight excluding hydrogens is 406 g/mol. The highest BCUT2D eigenvalue weighted by atomic mass is 19.1. The Labute approximate surface area is 176 Å². The van der Waals surface area contributed by atoms with Gasteiger partial charge in [-0.25, -0.2) is 8.78 Å². The van der Waals surface area contributed by atoms with Gasteiger partial charge in [0.05, 0.1) is 31.4 Å². The van der Waals surface area contributed by atoms with Gasteiger partial charge in [-0.2, -0.15) is 10.2 Å². The van der Waals surface area contributed by atoms with E-state index in [4.69, 9.17) is 4.74 Å². The van der Waals surface area contributed by atoms with Crippen molar-refractivity contribution in [2.75, 3.05) is 12.4 Å². The lowest BCUT2D eigenvalue weighted by Gasteiger charge is -2.10. The van der Waals surface area contributed by atoms with Crippen molar-refractivity contribution in [1.82, 2.24) is 24.8 Å². The molecule has 1 amide bonds. The molecule has 0 fully saturated rings. The third-order valence-corrected chi connectivity index (χ3v) is 4.81. The first-order chi connectivity index (χ1) is 15.0. The van der Waals surface area contributed by atoms with Crippen LogP contribution in [0.3, 0.4) is 0 Å². The zero-order chi connectivity index (χ0) is 22.0. The van der Waals surface area contributed by atoms with E-state index in [2.05, 4.69) is 20.6 Å². The molecular formula is C21H20F2N6O2. The number of carbonyl (C=O) groups is 1. The highest BCUT2D eigenvalue weighted by Gasteiger charge is 2.20. The van der Waals surface area contributed by atoms with Gasteiger partial charge in [-0.15, -0.1) is 9.90 Å². The minimum absolute atomic E-state index is 0.0656. The normalized spacial score (nSPS) is 12.1. The summed E-state index contributed by atoms with van der Waals surface area (Å²) in [6.45, 7) is 2.76. The first kappa shape index (κ1) is 20.5. The van der Waals surface area contributed by atoms with Crippen molar-refractivity contribution < 1.29 is 18.3 Å². The molecule has 2 heterocycles. The molecule has 31 heavy (non-hydrogen) atoms. The van der Waals surface area contributed by atoms with E-state index < -0.39 is 12.1 Å². The van der Waals surface area contributed by atoms with Crippen molar-refractivity contribution in [1.29, 1.82) is 0 Å². The number of carbonyl (C=O) groups excluding carboxylic acids is 1. The molecule has 1 N–H and O–H groups in total. The zero-order valence-electron chi connectivity index (χ0n) is 16.9. The number of hydrogen-bond acceptors (Lipinski definition) is 5. The van der Waals surface area contributed by atoms with Crippen molar-refractivity contribution in [2.45, 2.75) is 26.2 Å². The number of halogens is 2. The lowest BCUT2D eigenvalue weighted by molar-refractivity contribution is -0.115. The number of rotatable bonds is 7. The first-order valence-electron chi connectivity index (χ1n) is 9.62. The topological polar surface area (TPSA) is 86.9 Å². The van der Waals surface area contributed by atoms with Crippen LogP contribution in [0.4, 0.5) is 14.6 Å². The molecule has 0 bridgehead atoms. The number of benzene rings is 2. The molecule has 0 saturated heterocycles. The maximum absolute atomic E-state index is 14.7. The maximum Gasteiger partial charge on any atom is 0.238 e. The van der Waals surface area contributed by atoms with Crippen LogP contribution in [0.25, 0.3) is 10.9 Å². The van der Waals surface area contributed by atoms with Crippen molar-refractivity contribution in [3.05, 3.63) is 65.7 Å². The van der Waals surface area contributed by atoms with Crippen LogP contribution >= 0.6 is 0 Å². The first-order valence-corrected chi connectivity index (χ1v) is 9.62. The quantitative estimate of drug-likeness (QED) is 0.489. The van der Waals surface area contributed by atoms with Gasteiger partial charge < -0.3 is 10.1 Å². The second-order valence-corrected chi connectivity index (χ2v) is 6.85. The molecule has 0 spiro atoms. The second-order valence-electron chi connectivity index (χ2n) is 6.85. The molecule has 0 aliphatic heterocycles. The average molecular weight is 426 g/mol. The number of nitrogens with zero attached hydrogens (tertiary/aromatic N) is 5. The predicted molar refractivity (Wildman–Crippen MR) is 110 cm³/mol. The van der Waals surface area contributed by atoms with Gasteiger partial charge in [-0.05, 0) is 42.8 Å². The number of aromatic nitrogens is 5. The molecule has 1 atom stereocenters. The lowest BCUT2D eigenvalue weighted by atomic mass is 10.1. The van der Waals surface area contributed by atoms with E-state index in [-0.39, 0.29) is 23.7 Å². The fourth-order valence-electron chi connectivity index (χ4n) is 3.27. The molecule has 0 aliphatic carbocycles. The summed E-state index contributed by atoms with van der Waals surface area (Å²) < 4.78 is 35.6. The van der Waals surface area contributed by atoms with Crippen LogP contribution < -0.4 is 10.1 Å². The molecule has 160 valence electrons. The van der Waals surface area contributed by atoms with Crippen LogP contribution in [-0.2, 0) is 17.8 Å². The number of nitrogens with one attached hydrogen (secondary N) is 1. The maximum atomic E-state index is 14.7. The van der Waals surface area contributed by atoms with Gasteiger partial charge in [0.2, 0.25) is 12.2 Å². The number of amides is 1. The largest absolute Gasteiger partial charge is 0.497 e. The van der Waals surface area contributed by atoms with E-state index in [1.54, 1.807) is 6.20 Å². The zero-order valence-corrected chi connectivity index (χ0v) is 16.9. The summed E-state index contributed by atoms with van der Waals surface area (Å²) in [7, 11) is 1.40. The van der Waals surface area contributed by atoms with Crippen molar-refractivity contribution in [3.8, 4) is 5.75 Å². The minimum Gasteiger partial charge on any atom is -0.497 e.